The SMILES string of the molecule is CCNC(c1ccc(C)nc1)c1ccccc1OC. The second-order valence-electron chi connectivity index (χ2n) is 4.47. The van der Waals surface area contributed by atoms with Gasteiger partial charge in [-0.3, -0.25) is 4.98 Å². The van der Waals surface area contributed by atoms with Crippen LogP contribution in [0.4, 0.5) is 0 Å². The zero-order chi connectivity index (χ0) is 13.7. The van der Waals surface area contributed by atoms with E-state index in [2.05, 4.69) is 29.4 Å². The molecule has 0 saturated heterocycles. The maximum Gasteiger partial charge on any atom is 0.123 e. The number of hydrogen-bond donors (Lipinski definition) is 1. The lowest BCUT2D eigenvalue weighted by molar-refractivity contribution is 0.404. The predicted octanol–water partition coefficient (Wildman–Crippen LogP) is 3.10. The van der Waals surface area contributed by atoms with Crippen molar-refractivity contribution in [1.82, 2.24) is 10.3 Å². The first-order valence-corrected chi connectivity index (χ1v) is 6.55. The second kappa shape index (κ2) is 6.34. The predicted molar refractivity (Wildman–Crippen MR) is 77.5 cm³/mol. The van der Waals surface area contributed by atoms with Gasteiger partial charge in [0.25, 0.3) is 0 Å². The van der Waals surface area contributed by atoms with Crippen LogP contribution in [0.15, 0.2) is 42.6 Å². The van der Waals surface area contributed by atoms with Crippen molar-refractivity contribution in [3.63, 3.8) is 0 Å². The Hall–Kier alpha value is -1.87. The molecule has 0 spiro atoms. The van der Waals surface area contributed by atoms with Crippen molar-refractivity contribution >= 4 is 0 Å². The fourth-order valence-electron chi connectivity index (χ4n) is 2.17. The van der Waals surface area contributed by atoms with E-state index in [4.69, 9.17) is 4.74 Å². The molecule has 0 aliphatic heterocycles. The molecular weight excluding hydrogens is 236 g/mol. The minimum Gasteiger partial charge on any atom is -0.496 e. The van der Waals surface area contributed by atoms with Gasteiger partial charge in [0, 0.05) is 17.5 Å². The van der Waals surface area contributed by atoms with Gasteiger partial charge in [-0.2, -0.15) is 0 Å². The summed E-state index contributed by atoms with van der Waals surface area (Å²) in [7, 11) is 1.70. The second-order valence-corrected chi connectivity index (χ2v) is 4.47. The Morgan fingerprint density at radius 3 is 2.63 bits per heavy atom. The van der Waals surface area contributed by atoms with E-state index in [-0.39, 0.29) is 6.04 Å². The van der Waals surface area contributed by atoms with E-state index in [0.717, 1.165) is 29.1 Å². The van der Waals surface area contributed by atoms with Crippen molar-refractivity contribution in [2.45, 2.75) is 19.9 Å². The summed E-state index contributed by atoms with van der Waals surface area (Å²) in [5.74, 6) is 0.897. The third-order valence-electron chi connectivity index (χ3n) is 3.13. The third-order valence-corrected chi connectivity index (χ3v) is 3.13. The van der Waals surface area contributed by atoms with Crippen molar-refractivity contribution in [3.8, 4) is 5.75 Å². The first-order chi connectivity index (χ1) is 9.26. The fraction of sp³-hybridized carbons (Fsp3) is 0.312. The molecule has 2 rings (SSSR count). The highest BCUT2D eigenvalue weighted by Gasteiger charge is 2.16. The number of nitrogens with one attached hydrogen (secondary N) is 1. The van der Waals surface area contributed by atoms with Crippen molar-refractivity contribution < 1.29 is 4.74 Å². The van der Waals surface area contributed by atoms with E-state index in [0.29, 0.717) is 0 Å². The highest BCUT2D eigenvalue weighted by atomic mass is 16.5. The van der Waals surface area contributed by atoms with Crippen LogP contribution in [0.5, 0.6) is 5.75 Å². The highest BCUT2D eigenvalue weighted by Crippen LogP contribution is 2.29. The summed E-state index contributed by atoms with van der Waals surface area (Å²) in [5, 5.41) is 3.49. The van der Waals surface area contributed by atoms with Crippen molar-refractivity contribution in [1.29, 1.82) is 0 Å². The van der Waals surface area contributed by atoms with Crippen LogP contribution in [0.3, 0.4) is 0 Å². The van der Waals surface area contributed by atoms with Crippen LogP contribution in [0, 0.1) is 6.92 Å². The summed E-state index contributed by atoms with van der Waals surface area (Å²) < 4.78 is 5.46. The summed E-state index contributed by atoms with van der Waals surface area (Å²) in [6.45, 7) is 4.98. The Bertz CT molecular complexity index is 523. The minimum absolute atomic E-state index is 0.106. The topological polar surface area (TPSA) is 34.2 Å². The summed E-state index contributed by atoms with van der Waals surface area (Å²) in [5.41, 5.74) is 3.31. The molecule has 0 saturated carbocycles. The Morgan fingerprint density at radius 2 is 2.00 bits per heavy atom. The normalized spacial score (nSPS) is 12.2. The molecule has 0 aliphatic carbocycles. The lowest BCUT2D eigenvalue weighted by Crippen LogP contribution is -2.22. The van der Waals surface area contributed by atoms with Crippen LogP contribution in [0.2, 0.25) is 0 Å². The molecule has 1 heterocycles. The Kier molecular flexibility index (Phi) is 4.53. The molecule has 3 heteroatoms. The molecule has 3 nitrogen and oxygen atoms in total. The Labute approximate surface area is 114 Å². The monoisotopic (exact) mass is 256 g/mol. The van der Waals surface area contributed by atoms with Gasteiger partial charge < -0.3 is 10.1 Å². The molecule has 0 aliphatic rings. The number of ether oxygens (including phenoxy) is 1. The number of para-hydroxylation sites is 1. The van der Waals surface area contributed by atoms with E-state index >= 15 is 0 Å². The van der Waals surface area contributed by atoms with E-state index in [1.165, 1.54) is 0 Å². The lowest BCUT2D eigenvalue weighted by atomic mass is 9.99. The lowest BCUT2D eigenvalue weighted by Gasteiger charge is -2.21. The average molecular weight is 256 g/mol. The van der Waals surface area contributed by atoms with Gasteiger partial charge in [-0.25, -0.2) is 0 Å². The molecule has 0 fully saturated rings. The van der Waals surface area contributed by atoms with Gasteiger partial charge in [0.2, 0.25) is 0 Å². The maximum absolute atomic E-state index is 5.46. The smallest absolute Gasteiger partial charge is 0.123 e. The number of nitrogens with zero attached hydrogens (tertiary/aromatic N) is 1. The summed E-state index contributed by atoms with van der Waals surface area (Å²) in [6.07, 6.45) is 1.93. The van der Waals surface area contributed by atoms with Gasteiger partial charge in [0.05, 0.1) is 13.2 Å². The van der Waals surface area contributed by atoms with E-state index in [9.17, 15) is 0 Å². The van der Waals surface area contributed by atoms with Crippen LogP contribution < -0.4 is 10.1 Å². The van der Waals surface area contributed by atoms with E-state index in [1.54, 1.807) is 7.11 Å². The molecular formula is C16H20N2O. The Morgan fingerprint density at radius 1 is 1.21 bits per heavy atom. The van der Waals surface area contributed by atoms with Crippen LogP contribution in [-0.4, -0.2) is 18.6 Å². The number of aryl methyl sites for hydroxylation is 1. The van der Waals surface area contributed by atoms with E-state index < -0.39 is 0 Å². The average Bonchev–Trinajstić information content (AvgIpc) is 2.46. The maximum atomic E-state index is 5.46. The first-order valence-electron chi connectivity index (χ1n) is 6.55. The van der Waals surface area contributed by atoms with Crippen LogP contribution in [0.25, 0.3) is 0 Å². The van der Waals surface area contributed by atoms with Gasteiger partial charge in [-0.15, -0.1) is 0 Å². The van der Waals surface area contributed by atoms with Gasteiger partial charge in [0.1, 0.15) is 5.75 Å². The molecule has 1 atom stereocenters. The van der Waals surface area contributed by atoms with E-state index in [1.807, 2.05) is 37.4 Å². The molecule has 1 N–H and O–H groups in total. The molecule has 1 aromatic carbocycles. The number of methoxy groups -OCH3 is 1. The molecule has 0 amide bonds. The van der Waals surface area contributed by atoms with Gasteiger partial charge in [0.15, 0.2) is 0 Å². The standard InChI is InChI=1S/C16H20N2O/c1-4-17-16(13-10-9-12(2)18-11-13)14-7-5-6-8-15(14)19-3/h5-11,16-17H,4H2,1-3H3. The summed E-state index contributed by atoms with van der Waals surface area (Å²) in [4.78, 5) is 4.38. The van der Waals surface area contributed by atoms with Gasteiger partial charge in [-0.1, -0.05) is 31.2 Å². The minimum atomic E-state index is 0.106. The highest BCUT2D eigenvalue weighted by molar-refractivity contribution is 5.41. The van der Waals surface area contributed by atoms with Crippen LogP contribution in [0.1, 0.15) is 29.8 Å². The first kappa shape index (κ1) is 13.6. The zero-order valence-corrected chi connectivity index (χ0v) is 11.7. The molecule has 0 bridgehead atoms. The third kappa shape index (κ3) is 3.12. The number of rotatable bonds is 5. The molecule has 2 aromatic rings. The van der Waals surface area contributed by atoms with Crippen molar-refractivity contribution in [3.05, 3.63) is 59.4 Å². The molecule has 0 radical (unpaired) electrons. The van der Waals surface area contributed by atoms with Crippen LogP contribution >= 0.6 is 0 Å². The van der Waals surface area contributed by atoms with Crippen molar-refractivity contribution in [2.75, 3.05) is 13.7 Å². The largest absolute Gasteiger partial charge is 0.496 e. The molecule has 19 heavy (non-hydrogen) atoms. The summed E-state index contributed by atoms with van der Waals surface area (Å²) in [6, 6.07) is 12.3. The van der Waals surface area contributed by atoms with Crippen molar-refractivity contribution in [2.24, 2.45) is 0 Å². The number of hydrogen-bond acceptors (Lipinski definition) is 3. The molecule has 100 valence electrons. The number of pyridine rings is 1. The number of benzene rings is 1. The molecule has 1 aromatic heterocycles. The quantitative estimate of drug-likeness (QED) is 0.892. The Balaban J connectivity index is 2.42. The van der Waals surface area contributed by atoms with Gasteiger partial charge in [-0.05, 0) is 31.2 Å². The number of aromatic nitrogens is 1. The van der Waals surface area contributed by atoms with Gasteiger partial charge >= 0.3 is 0 Å². The fourth-order valence-corrected chi connectivity index (χ4v) is 2.17. The zero-order valence-electron chi connectivity index (χ0n) is 11.7. The molecule has 1 unspecified atom stereocenters. The summed E-state index contributed by atoms with van der Waals surface area (Å²) >= 11 is 0. The van der Waals surface area contributed by atoms with Crippen LogP contribution in [-0.2, 0) is 0 Å².